The highest BCUT2D eigenvalue weighted by Crippen LogP contribution is 2.32. The van der Waals surface area contributed by atoms with Crippen LogP contribution in [0.1, 0.15) is 30.1 Å². The molecule has 1 aliphatic rings. The second-order valence-corrected chi connectivity index (χ2v) is 5.60. The molecular formula is C14H15ClN2O5. The van der Waals surface area contributed by atoms with E-state index in [-0.39, 0.29) is 22.3 Å². The second-order valence-electron chi connectivity index (χ2n) is 5.19. The third-order valence-electron chi connectivity index (χ3n) is 3.43. The Hall–Kier alpha value is -2.15. The number of rotatable bonds is 6. The Balaban J connectivity index is 1.90. The SMILES string of the molecule is C[C@H](NC(=O)COC(=O)c1ccc(Cl)c([N+](=O)[O-])c1)C1CC1. The van der Waals surface area contributed by atoms with Crippen molar-refractivity contribution >= 4 is 29.2 Å². The lowest BCUT2D eigenvalue weighted by Crippen LogP contribution is -2.37. The van der Waals surface area contributed by atoms with Gasteiger partial charge in [-0.05, 0) is 37.8 Å². The van der Waals surface area contributed by atoms with E-state index in [1.165, 1.54) is 12.1 Å². The number of hydrogen-bond acceptors (Lipinski definition) is 5. The van der Waals surface area contributed by atoms with Gasteiger partial charge in [-0.15, -0.1) is 0 Å². The van der Waals surface area contributed by atoms with Gasteiger partial charge < -0.3 is 10.1 Å². The van der Waals surface area contributed by atoms with Crippen LogP contribution in [0.3, 0.4) is 0 Å². The van der Waals surface area contributed by atoms with Crippen molar-refractivity contribution in [3.8, 4) is 0 Å². The average Bonchev–Trinajstić information content (AvgIpc) is 3.29. The number of nitro groups is 1. The van der Waals surface area contributed by atoms with Crippen LogP contribution >= 0.6 is 11.6 Å². The van der Waals surface area contributed by atoms with E-state index in [0.29, 0.717) is 5.92 Å². The lowest BCUT2D eigenvalue weighted by atomic mass is 10.2. The monoisotopic (exact) mass is 326 g/mol. The highest BCUT2D eigenvalue weighted by molar-refractivity contribution is 6.32. The molecule has 118 valence electrons. The standard InChI is InChI=1S/C14H15ClN2O5/c1-8(9-2-3-9)16-13(18)7-22-14(19)10-4-5-11(15)12(6-10)17(20)21/h4-6,8-9H,2-3,7H2,1H3,(H,16,18)/t8-/m0/s1. The molecule has 1 saturated carbocycles. The van der Waals surface area contributed by atoms with Crippen LogP contribution < -0.4 is 5.32 Å². The molecule has 0 unspecified atom stereocenters. The van der Waals surface area contributed by atoms with Gasteiger partial charge in [-0.2, -0.15) is 0 Å². The summed E-state index contributed by atoms with van der Waals surface area (Å²) in [5, 5.41) is 13.4. The van der Waals surface area contributed by atoms with Gasteiger partial charge in [0.15, 0.2) is 6.61 Å². The summed E-state index contributed by atoms with van der Waals surface area (Å²) in [5.74, 6) is -0.705. The van der Waals surface area contributed by atoms with E-state index in [2.05, 4.69) is 5.32 Å². The lowest BCUT2D eigenvalue weighted by molar-refractivity contribution is -0.384. The van der Waals surface area contributed by atoms with Crippen molar-refractivity contribution in [2.24, 2.45) is 5.92 Å². The smallest absolute Gasteiger partial charge is 0.338 e. The van der Waals surface area contributed by atoms with Crippen molar-refractivity contribution in [2.45, 2.75) is 25.8 Å². The normalized spacial score (nSPS) is 15.0. The minimum absolute atomic E-state index is 0.0286. The molecule has 0 heterocycles. The first-order chi connectivity index (χ1) is 10.4. The number of nitrogens with one attached hydrogen (secondary N) is 1. The van der Waals surface area contributed by atoms with E-state index in [1.54, 1.807) is 0 Å². The van der Waals surface area contributed by atoms with Crippen molar-refractivity contribution in [1.82, 2.24) is 5.32 Å². The van der Waals surface area contributed by atoms with Gasteiger partial charge in [0.1, 0.15) is 5.02 Å². The van der Waals surface area contributed by atoms with Gasteiger partial charge in [-0.3, -0.25) is 14.9 Å². The first-order valence-electron chi connectivity index (χ1n) is 6.79. The van der Waals surface area contributed by atoms with E-state index in [9.17, 15) is 19.7 Å². The van der Waals surface area contributed by atoms with Crippen LogP contribution in [0.4, 0.5) is 5.69 Å². The number of carbonyl (C=O) groups excluding carboxylic acids is 2. The van der Waals surface area contributed by atoms with E-state index in [0.717, 1.165) is 18.9 Å². The summed E-state index contributed by atoms with van der Waals surface area (Å²) < 4.78 is 4.85. The molecule has 7 nitrogen and oxygen atoms in total. The first-order valence-corrected chi connectivity index (χ1v) is 7.16. The number of amides is 1. The van der Waals surface area contributed by atoms with E-state index in [1.807, 2.05) is 6.92 Å². The fraction of sp³-hybridized carbons (Fsp3) is 0.429. The van der Waals surface area contributed by atoms with Crippen LogP contribution in [0.2, 0.25) is 5.02 Å². The maximum atomic E-state index is 11.8. The maximum Gasteiger partial charge on any atom is 0.338 e. The van der Waals surface area contributed by atoms with E-state index < -0.39 is 23.4 Å². The maximum absolute atomic E-state index is 11.8. The molecule has 0 aliphatic heterocycles. The zero-order valence-electron chi connectivity index (χ0n) is 11.9. The number of halogens is 1. The zero-order chi connectivity index (χ0) is 16.3. The number of ether oxygens (including phenoxy) is 1. The van der Waals surface area contributed by atoms with Gasteiger partial charge >= 0.3 is 5.97 Å². The summed E-state index contributed by atoms with van der Waals surface area (Å²) in [6.07, 6.45) is 2.19. The third kappa shape index (κ3) is 4.17. The Bertz CT molecular complexity index is 615. The minimum Gasteiger partial charge on any atom is -0.452 e. The fourth-order valence-corrected chi connectivity index (χ4v) is 2.19. The predicted molar refractivity (Wildman–Crippen MR) is 78.7 cm³/mol. The fourth-order valence-electron chi connectivity index (χ4n) is 2.00. The van der Waals surface area contributed by atoms with Crippen LogP contribution in [0.5, 0.6) is 0 Å². The number of hydrogen-bond donors (Lipinski definition) is 1. The van der Waals surface area contributed by atoms with Crippen LogP contribution in [0.15, 0.2) is 18.2 Å². The summed E-state index contributed by atoms with van der Waals surface area (Å²) in [5.41, 5.74) is -0.415. The molecule has 0 radical (unpaired) electrons. The first kappa shape index (κ1) is 16.2. The topological polar surface area (TPSA) is 98.5 Å². The van der Waals surface area contributed by atoms with Crippen molar-refractivity contribution in [2.75, 3.05) is 6.61 Å². The Morgan fingerprint density at radius 2 is 2.18 bits per heavy atom. The molecule has 1 atom stereocenters. The van der Waals surface area contributed by atoms with Crippen LogP contribution in [-0.4, -0.2) is 29.4 Å². The lowest BCUT2D eigenvalue weighted by Gasteiger charge is -2.12. The van der Waals surface area contributed by atoms with E-state index >= 15 is 0 Å². The third-order valence-corrected chi connectivity index (χ3v) is 3.75. The molecule has 1 fully saturated rings. The minimum atomic E-state index is -0.811. The Kier molecular flexibility index (Phi) is 4.97. The second kappa shape index (κ2) is 6.74. The molecule has 8 heteroatoms. The average molecular weight is 327 g/mol. The summed E-state index contributed by atoms with van der Waals surface area (Å²) in [6.45, 7) is 1.48. The summed E-state index contributed by atoms with van der Waals surface area (Å²) in [4.78, 5) is 33.5. The van der Waals surface area contributed by atoms with Crippen LogP contribution in [0, 0.1) is 16.0 Å². The zero-order valence-corrected chi connectivity index (χ0v) is 12.6. The molecule has 1 aliphatic carbocycles. The van der Waals surface area contributed by atoms with E-state index in [4.69, 9.17) is 16.3 Å². The van der Waals surface area contributed by atoms with Crippen molar-refractivity contribution in [1.29, 1.82) is 0 Å². The van der Waals surface area contributed by atoms with Gasteiger partial charge in [0.2, 0.25) is 0 Å². The molecule has 0 spiro atoms. The highest BCUT2D eigenvalue weighted by Gasteiger charge is 2.29. The predicted octanol–water partition coefficient (Wildman–Crippen LogP) is 2.32. The quantitative estimate of drug-likeness (QED) is 0.491. The number of nitro benzene ring substituents is 1. The van der Waals surface area contributed by atoms with Crippen LogP contribution in [-0.2, 0) is 9.53 Å². The molecule has 2 rings (SSSR count). The molecule has 1 N–H and O–H groups in total. The molecule has 1 aromatic rings. The Morgan fingerprint density at radius 3 is 2.77 bits per heavy atom. The van der Waals surface area contributed by atoms with Gasteiger partial charge in [0, 0.05) is 12.1 Å². The van der Waals surface area contributed by atoms with Crippen LogP contribution in [0.25, 0.3) is 0 Å². The van der Waals surface area contributed by atoms with Crippen molar-refractivity contribution in [3.63, 3.8) is 0 Å². The Labute approximate surface area is 131 Å². The number of esters is 1. The highest BCUT2D eigenvalue weighted by atomic mass is 35.5. The summed E-state index contributed by atoms with van der Waals surface area (Å²) in [7, 11) is 0. The summed E-state index contributed by atoms with van der Waals surface area (Å²) in [6, 6.07) is 3.63. The molecule has 1 amide bonds. The number of benzene rings is 1. The van der Waals surface area contributed by atoms with Gasteiger partial charge in [0.25, 0.3) is 11.6 Å². The molecule has 0 saturated heterocycles. The van der Waals surface area contributed by atoms with Gasteiger partial charge in [-0.25, -0.2) is 4.79 Å². The van der Waals surface area contributed by atoms with Crippen molar-refractivity contribution < 1.29 is 19.2 Å². The van der Waals surface area contributed by atoms with Gasteiger partial charge in [-0.1, -0.05) is 11.6 Å². The number of nitrogens with zero attached hydrogens (tertiary/aromatic N) is 1. The molecule has 0 aromatic heterocycles. The Morgan fingerprint density at radius 1 is 1.50 bits per heavy atom. The number of carbonyl (C=O) groups is 2. The molecule has 22 heavy (non-hydrogen) atoms. The molecule has 1 aromatic carbocycles. The summed E-state index contributed by atoms with van der Waals surface area (Å²) >= 11 is 5.66. The molecule has 0 bridgehead atoms. The van der Waals surface area contributed by atoms with Crippen molar-refractivity contribution in [3.05, 3.63) is 38.9 Å². The molecular weight excluding hydrogens is 312 g/mol. The largest absolute Gasteiger partial charge is 0.452 e. The van der Waals surface area contributed by atoms with Gasteiger partial charge in [0.05, 0.1) is 10.5 Å².